The van der Waals surface area contributed by atoms with Crippen LogP contribution in [0.5, 0.6) is 0 Å². The Labute approximate surface area is 122 Å². The van der Waals surface area contributed by atoms with E-state index in [0.29, 0.717) is 12.2 Å². The van der Waals surface area contributed by atoms with E-state index in [1.807, 2.05) is 43.7 Å². The Balaban J connectivity index is 1.72. The second-order valence-electron chi connectivity index (χ2n) is 5.12. The smallest absolute Gasteiger partial charge is 0.274 e. The number of likely N-dealkylation sites (N-methyl/N-ethyl adjacent to an activating group) is 1. The van der Waals surface area contributed by atoms with Crippen molar-refractivity contribution in [3.8, 4) is 0 Å². The maximum Gasteiger partial charge on any atom is 0.274 e. The minimum atomic E-state index is -0.0728. The molecule has 2 aromatic heterocycles. The molecule has 0 aliphatic carbocycles. The predicted octanol–water partition coefficient (Wildman–Crippen LogP) is 1.61. The normalized spacial score (nSPS) is 11.0. The molecule has 0 unspecified atom stereocenters. The molecule has 108 valence electrons. The van der Waals surface area contributed by atoms with E-state index >= 15 is 0 Å². The lowest BCUT2D eigenvalue weighted by Gasteiger charge is -2.15. The lowest BCUT2D eigenvalue weighted by molar-refractivity contribution is 0.0792. The third kappa shape index (κ3) is 2.65. The number of aromatic nitrogens is 4. The number of nitrogens with zero attached hydrogens (tertiary/aromatic N) is 4. The van der Waals surface area contributed by atoms with Crippen LogP contribution in [0, 0.1) is 0 Å². The molecule has 0 aliphatic heterocycles. The zero-order chi connectivity index (χ0) is 14.8. The lowest BCUT2D eigenvalue weighted by Crippen LogP contribution is -2.29. The Morgan fingerprint density at radius 2 is 2.19 bits per heavy atom. The van der Waals surface area contributed by atoms with E-state index in [9.17, 15) is 4.79 Å². The number of rotatable bonds is 4. The van der Waals surface area contributed by atoms with Gasteiger partial charge in [0.25, 0.3) is 5.91 Å². The highest BCUT2D eigenvalue weighted by molar-refractivity contribution is 6.04. The first-order valence-corrected chi connectivity index (χ1v) is 6.81. The van der Waals surface area contributed by atoms with E-state index < -0.39 is 0 Å². The third-order valence-electron chi connectivity index (χ3n) is 3.51. The number of para-hydroxylation sites is 1. The number of H-pyrrole nitrogens is 1. The molecule has 2 heterocycles. The number of carbonyl (C=O) groups is 1. The van der Waals surface area contributed by atoms with Gasteiger partial charge in [-0.2, -0.15) is 10.2 Å². The standard InChI is InChI=1S/C15H17N5O/c1-19(8-7-11-9-16-20(2)10-11)15(21)14-12-5-3-4-6-13(12)17-18-14/h3-6,9-10H,7-8H2,1-2H3,(H,17,18). The molecule has 3 aromatic rings. The van der Waals surface area contributed by atoms with E-state index in [1.165, 1.54) is 0 Å². The number of hydrogen-bond acceptors (Lipinski definition) is 3. The molecule has 0 atom stereocenters. The van der Waals surface area contributed by atoms with Gasteiger partial charge in [-0.3, -0.25) is 14.6 Å². The van der Waals surface area contributed by atoms with Gasteiger partial charge in [-0.1, -0.05) is 18.2 Å². The van der Waals surface area contributed by atoms with Crippen LogP contribution >= 0.6 is 0 Å². The maximum atomic E-state index is 12.5. The van der Waals surface area contributed by atoms with Crippen LogP contribution in [0.4, 0.5) is 0 Å². The molecule has 21 heavy (non-hydrogen) atoms. The Morgan fingerprint density at radius 1 is 1.38 bits per heavy atom. The third-order valence-corrected chi connectivity index (χ3v) is 3.51. The zero-order valence-corrected chi connectivity index (χ0v) is 12.1. The van der Waals surface area contributed by atoms with Crippen LogP contribution in [-0.2, 0) is 13.5 Å². The van der Waals surface area contributed by atoms with Crippen molar-refractivity contribution in [2.45, 2.75) is 6.42 Å². The van der Waals surface area contributed by atoms with Crippen molar-refractivity contribution >= 4 is 16.8 Å². The van der Waals surface area contributed by atoms with Gasteiger partial charge in [-0.15, -0.1) is 0 Å². The first-order valence-electron chi connectivity index (χ1n) is 6.81. The number of nitrogens with one attached hydrogen (secondary N) is 1. The van der Waals surface area contributed by atoms with Gasteiger partial charge in [-0.25, -0.2) is 0 Å². The van der Waals surface area contributed by atoms with Crippen LogP contribution in [0.15, 0.2) is 36.7 Å². The molecule has 1 amide bonds. The molecular weight excluding hydrogens is 266 g/mol. The quantitative estimate of drug-likeness (QED) is 0.791. The predicted molar refractivity (Wildman–Crippen MR) is 80.0 cm³/mol. The summed E-state index contributed by atoms with van der Waals surface area (Å²) in [6, 6.07) is 7.64. The molecule has 0 bridgehead atoms. The van der Waals surface area contributed by atoms with Crippen molar-refractivity contribution in [1.29, 1.82) is 0 Å². The number of carbonyl (C=O) groups excluding carboxylic acids is 1. The van der Waals surface area contributed by atoms with Gasteiger partial charge in [0.1, 0.15) is 0 Å². The summed E-state index contributed by atoms with van der Waals surface area (Å²) in [7, 11) is 3.68. The second-order valence-corrected chi connectivity index (χ2v) is 5.12. The second kappa shape index (κ2) is 5.40. The molecule has 6 nitrogen and oxygen atoms in total. The summed E-state index contributed by atoms with van der Waals surface area (Å²) in [5.41, 5.74) is 2.46. The van der Waals surface area contributed by atoms with E-state index in [2.05, 4.69) is 15.3 Å². The largest absolute Gasteiger partial charge is 0.340 e. The van der Waals surface area contributed by atoms with Gasteiger partial charge in [0.2, 0.25) is 0 Å². The molecule has 0 spiro atoms. The highest BCUT2D eigenvalue weighted by atomic mass is 16.2. The van der Waals surface area contributed by atoms with Crippen molar-refractivity contribution < 1.29 is 4.79 Å². The van der Waals surface area contributed by atoms with E-state index in [4.69, 9.17) is 0 Å². The fraction of sp³-hybridized carbons (Fsp3) is 0.267. The van der Waals surface area contributed by atoms with Crippen molar-refractivity contribution in [1.82, 2.24) is 24.9 Å². The van der Waals surface area contributed by atoms with Crippen molar-refractivity contribution in [2.24, 2.45) is 7.05 Å². The Kier molecular flexibility index (Phi) is 3.43. The molecule has 3 rings (SSSR count). The van der Waals surface area contributed by atoms with Gasteiger partial charge in [0.05, 0.1) is 11.7 Å². The number of aromatic amines is 1. The molecule has 1 N–H and O–H groups in total. The summed E-state index contributed by atoms with van der Waals surface area (Å²) in [4.78, 5) is 14.2. The monoisotopic (exact) mass is 283 g/mol. The average molecular weight is 283 g/mol. The van der Waals surface area contributed by atoms with Crippen molar-refractivity contribution in [3.63, 3.8) is 0 Å². The maximum absolute atomic E-state index is 12.5. The van der Waals surface area contributed by atoms with Crippen molar-refractivity contribution in [2.75, 3.05) is 13.6 Å². The van der Waals surface area contributed by atoms with Crippen LogP contribution in [0.25, 0.3) is 10.9 Å². The molecule has 0 aliphatic rings. The van der Waals surface area contributed by atoms with Crippen LogP contribution in [0.2, 0.25) is 0 Å². The van der Waals surface area contributed by atoms with Crippen LogP contribution in [0.1, 0.15) is 16.1 Å². The van der Waals surface area contributed by atoms with Gasteiger partial charge < -0.3 is 4.90 Å². The fourth-order valence-corrected chi connectivity index (χ4v) is 2.31. The molecule has 6 heteroatoms. The fourth-order valence-electron chi connectivity index (χ4n) is 2.31. The molecule has 0 saturated carbocycles. The van der Waals surface area contributed by atoms with E-state index in [0.717, 1.165) is 22.9 Å². The van der Waals surface area contributed by atoms with Crippen LogP contribution < -0.4 is 0 Å². The highest BCUT2D eigenvalue weighted by Gasteiger charge is 2.17. The number of aryl methyl sites for hydroxylation is 1. The summed E-state index contributed by atoms with van der Waals surface area (Å²) < 4.78 is 1.76. The number of benzene rings is 1. The summed E-state index contributed by atoms with van der Waals surface area (Å²) in [6.07, 6.45) is 4.56. The molecule has 0 radical (unpaired) electrons. The van der Waals surface area contributed by atoms with Gasteiger partial charge in [0.15, 0.2) is 5.69 Å². The Hall–Kier alpha value is -2.63. The van der Waals surface area contributed by atoms with Crippen LogP contribution in [-0.4, -0.2) is 44.4 Å². The highest BCUT2D eigenvalue weighted by Crippen LogP contribution is 2.16. The first kappa shape index (κ1) is 13.4. The Morgan fingerprint density at radius 3 is 2.95 bits per heavy atom. The minimum Gasteiger partial charge on any atom is -0.340 e. The van der Waals surface area contributed by atoms with Crippen LogP contribution in [0.3, 0.4) is 0 Å². The first-order chi connectivity index (χ1) is 10.1. The van der Waals surface area contributed by atoms with Gasteiger partial charge >= 0.3 is 0 Å². The summed E-state index contributed by atoms with van der Waals surface area (Å²) in [5.74, 6) is -0.0728. The molecule has 0 saturated heterocycles. The number of amides is 1. The van der Waals surface area contributed by atoms with E-state index in [1.54, 1.807) is 16.6 Å². The summed E-state index contributed by atoms with van der Waals surface area (Å²) >= 11 is 0. The summed E-state index contributed by atoms with van der Waals surface area (Å²) in [5, 5.41) is 12.0. The number of fused-ring (bicyclic) bond motifs is 1. The number of hydrogen-bond donors (Lipinski definition) is 1. The molecular formula is C15H17N5O. The molecule has 0 fully saturated rings. The zero-order valence-electron chi connectivity index (χ0n) is 12.1. The minimum absolute atomic E-state index is 0.0728. The van der Waals surface area contributed by atoms with Crippen molar-refractivity contribution in [3.05, 3.63) is 47.9 Å². The lowest BCUT2D eigenvalue weighted by atomic mass is 10.2. The van der Waals surface area contributed by atoms with Gasteiger partial charge in [-0.05, 0) is 18.1 Å². The molecule has 1 aromatic carbocycles. The van der Waals surface area contributed by atoms with Gasteiger partial charge in [0, 0.05) is 32.2 Å². The summed E-state index contributed by atoms with van der Waals surface area (Å²) in [6.45, 7) is 0.631. The SMILES string of the molecule is CN(CCc1cnn(C)c1)C(=O)c1n[nH]c2ccccc12. The Bertz CT molecular complexity index is 773. The average Bonchev–Trinajstić information content (AvgIpc) is 3.10. The topological polar surface area (TPSA) is 66.8 Å². The van der Waals surface area contributed by atoms with E-state index in [-0.39, 0.29) is 5.91 Å².